The van der Waals surface area contributed by atoms with Gasteiger partial charge in [-0.05, 0) is 36.8 Å². The van der Waals surface area contributed by atoms with Crippen molar-refractivity contribution in [1.29, 1.82) is 0 Å². The van der Waals surface area contributed by atoms with Crippen molar-refractivity contribution in [2.75, 3.05) is 0 Å². The van der Waals surface area contributed by atoms with Crippen molar-refractivity contribution in [3.05, 3.63) is 44.8 Å². The van der Waals surface area contributed by atoms with Gasteiger partial charge in [-0.15, -0.1) is 21.5 Å². The van der Waals surface area contributed by atoms with E-state index in [9.17, 15) is 9.90 Å². The lowest BCUT2D eigenvalue weighted by atomic mass is 9.87. The number of fused-ring (bicyclic) bond motifs is 1. The molecule has 1 atom stereocenters. The van der Waals surface area contributed by atoms with Crippen LogP contribution >= 0.6 is 23.1 Å². The van der Waals surface area contributed by atoms with Crippen LogP contribution in [0.25, 0.3) is 10.7 Å². The third-order valence-corrected chi connectivity index (χ3v) is 7.30. The molecule has 27 heavy (non-hydrogen) atoms. The molecule has 0 radical (unpaired) electrons. The Morgan fingerprint density at radius 1 is 1.41 bits per heavy atom. The van der Waals surface area contributed by atoms with E-state index < -0.39 is 5.43 Å². The second-order valence-electron chi connectivity index (χ2n) is 6.83. The molecule has 0 aliphatic heterocycles. The minimum atomic E-state index is -0.440. The van der Waals surface area contributed by atoms with Crippen molar-refractivity contribution in [3.63, 3.8) is 0 Å². The molecule has 0 spiro atoms. The number of aryl methyl sites for hydroxylation is 1. The molecule has 0 aromatic carbocycles. The van der Waals surface area contributed by atoms with Gasteiger partial charge in [-0.2, -0.15) is 0 Å². The third kappa shape index (κ3) is 3.68. The van der Waals surface area contributed by atoms with Gasteiger partial charge in [0.15, 0.2) is 16.7 Å². The standard InChI is InChI=1S/C19H21N3O3S2/c1-3-11-4-5-16-12(6-11)7-17(27-16)18-20-21-19(22(18)2)26-10-13-8-14(23)15(24)9-25-13/h7-9,11,24H,3-6,10H2,1-2H3. The molecule has 0 fully saturated rings. The van der Waals surface area contributed by atoms with E-state index in [2.05, 4.69) is 23.2 Å². The zero-order chi connectivity index (χ0) is 19.0. The number of thioether (sulfide) groups is 1. The van der Waals surface area contributed by atoms with E-state index >= 15 is 0 Å². The van der Waals surface area contributed by atoms with E-state index in [-0.39, 0.29) is 5.75 Å². The summed E-state index contributed by atoms with van der Waals surface area (Å²) in [6.45, 7) is 2.27. The highest BCUT2D eigenvalue weighted by Crippen LogP contribution is 2.38. The molecule has 8 heteroatoms. The fourth-order valence-corrected chi connectivity index (χ4v) is 5.40. The van der Waals surface area contributed by atoms with Crippen molar-refractivity contribution in [2.24, 2.45) is 13.0 Å². The van der Waals surface area contributed by atoms with Crippen LogP contribution in [0.3, 0.4) is 0 Å². The first kappa shape index (κ1) is 18.3. The molecule has 1 unspecified atom stereocenters. The number of aromatic nitrogens is 3. The number of rotatable bonds is 5. The minimum absolute atomic E-state index is 0.378. The molecule has 0 amide bonds. The smallest absolute Gasteiger partial charge is 0.226 e. The van der Waals surface area contributed by atoms with E-state index in [0.29, 0.717) is 11.5 Å². The molecular weight excluding hydrogens is 382 g/mol. The lowest BCUT2D eigenvalue weighted by molar-refractivity contribution is 0.419. The van der Waals surface area contributed by atoms with Crippen LogP contribution in [0.1, 0.15) is 36.0 Å². The highest BCUT2D eigenvalue weighted by molar-refractivity contribution is 7.98. The molecule has 1 aliphatic carbocycles. The van der Waals surface area contributed by atoms with Gasteiger partial charge in [0, 0.05) is 18.0 Å². The van der Waals surface area contributed by atoms with Crippen LogP contribution in [0.2, 0.25) is 0 Å². The van der Waals surface area contributed by atoms with E-state index in [4.69, 9.17) is 4.42 Å². The first-order chi connectivity index (χ1) is 13.0. The number of hydrogen-bond acceptors (Lipinski definition) is 7. The number of thiophene rings is 1. The highest BCUT2D eigenvalue weighted by Gasteiger charge is 2.22. The molecule has 3 heterocycles. The second kappa shape index (κ2) is 7.52. The normalized spacial score (nSPS) is 16.4. The van der Waals surface area contributed by atoms with Crippen LogP contribution in [-0.4, -0.2) is 19.9 Å². The Bertz CT molecular complexity index is 1020. The number of hydrogen-bond donors (Lipinski definition) is 1. The Labute approximate surface area is 165 Å². The van der Waals surface area contributed by atoms with Gasteiger partial charge in [-0.25, -0.2) is 0 Å². The molecule has 142 valence electrons. The Hall–Kier alpha value is -2.06. The summed E-state index contributed by atoms with van der Waals surface area (Å²) < 4.78 is 7.23. The van der Waals surface area contributed by atoms with E-state index in [1.54, 1.807) is 0 Å². The quantitative estimate of drug-likeness (QED) is 0.648. The third-order valence-electron chi connectivity index (χ3n) is 5.03. The zero-order valence-electron chi connectivity index (χ0n) is 15.3. The van der Waals surface area contributed by atoms with Crippen molar-refractivity contribution < 1.29 is 9.52 Å². The Morgan fingerprint density at radius 2 is 2.26 bits per heavy atom. The average Bonchev–Trinajstić information content (AvgIpc) is 3.25. The SMILES string of the molecule is CCC1CCc2sc(-c3nnc(SCc4cc(=O)c(O)co4)n3C)cc2C1. The summed E-state index contributed by atoms with van der Waals surface area (Å²) in [6.07, 6.45) is 5.92. The fraction of sp³-hybridized carbons (Fsp3) is 0.421. The average molecular weight is 404 g/mol. The zero-order valence-corrected chi connectivity index (χ0v) is 16.9. The van der Waals surface area contributed by atoms with Gasteiger partial charge in [0.05, 0.1) is 10.6 Å². The molecule has 6 nitrogen and oxygen atoms in total. The summed E-state index contributed by atoms with van der Waals surface area (Å²) in [5.41, 5.74) is 1.03. The Morgan fingerprint density at radius 3 is 3.04 bits per heavy atom. The van der Waals surface area contributed by atoms with Crippen LogP contribution in [0.15, 0.2) is 32.8 Å². The maximum Gasteiger partial charge on any atom is 0.226 e. The number of nitrogens with zero attached hydrogens (tertiary/aromatic N) is 3. The molecule has 3 aromatic rings. The number of aromatic hydroxyl groups is 1. The van der Waals surface area contributed by atoms with Gasteiger partial charge in [-0.3, -0.25) is 4.79 Å². The molecule has 1 aliphatic rings. The van der Waals surface area contributed by atoms with E-state index in [1.165, 1.54) is 47.5 Å². The summed E-state index contributed by atoms with van der Waals surface area (Å²) in [5.74, 6) is 2.23. The summed E-state index contributed by atoms with van der Waals surface area (Å²) >= 11 is 3.28. The molecule has 3 aromatic heterocycles. The minimum Gasteiger partial charge on any atom is -0.502 e. The van der Waals surface area contributed by atoms with Crippen molar-refractivity contribution in [1.82, 2.24) is 14.8 Å². The fourth-order valence-electron chi connectivity index (χ4n) is 3.37. The van der Waals surface area contributed by atoms with Crippen LogP contribution in [0.4, 0.5) is 0 Å². The van der Waals surface area contributed by atoms with Crippen LogP contribution in [-0.2, 0) is 25.6 Å². The highest BCUT2D eigenvalue weighted by atomic mass is 32.2. The van der Waals surface area contributed by atoms with Crippen molar-refractivity contribution in [2.45, 2.75) is 43.5 Å². The van der Waals surface area contributed by atoms with Crippen molar-refractivity contribution in [3.8, 4) is 16.5 Å². The molecule has 0 saturated heterocycles. The van der Waals surface area contributed by atoms with Crippen LogP contribution in [0, 0.1) is 5.92 Å². The summed E-state index contributed by atoms with van der Waals surface area (Å²) in [5, 5.41) is 18.7. The molecule has 4 rings (SSSR count). The predicted octanol–water partition coefficient (Wildman–Crippen LogP) is 4.01. The van der Waals surface area contributed by atoms with Crippen LogP contribution < -0.4 is 5.43 Å². The lowest BCUT2D eigenvalue weighted by Gasteiger charge is -2.19. The van der Waals surface area contributed by atoms with Gasteiger partial charge in [0.2, 0.25) is 5.43 Å². The van der Waals surface area contributed by atoms with E-state index in [1.807, 2.05) is 23.0 Å². The molecule has 0 saturated carbocycles. The van der Waals surface area contributed by atoms with Crippen LogP contribution in [0.5, 0.6) is 5.75 Å². The molecular formula is C19H21N3O3S2. The topological polar surface area (TPSA) is 81.2 Å². The lowest BCUT2D eigenvalue weighted by Crippen LogP contribution is -2.10. The van der Waals surface area contributed by atoms with Gasteiger partial charge < -0.3 is 14.1 Å². The van der Waals surface area contributed by atoms with Gasteiger partial charge in [0.25, 0.3) is 0 Å². The molecule has 0 bridgehead atoms. The Balaban J connectivity index is 1.51. The summed E-state index contributed by atoms with van der Waals surface area (Å²) in [7, 11) is 1.96. The van der Waals surface area contributed by atoms with E-state index in [0.717, 1.165) is 34.5 Å². The molecule has 1 N–H and O–H groups in total. The predicted molar refractivity (Wildman–Crippen MR) is 106 cm³/mol. The Kier molecular flexibility index (Phi) is 5.10. The van der Waals surface area contributed by atoms with Gasteiger partial charge in [0.1, 0.15) is 12.0 Å². The van der Waals surface area contributed by atoms with Gasteiger partial charge in [-0.1, -0.05) is 25.1 Å². The summed E-state index contributed by atoms with van der Waals surface area (Å²) in [6, 6.07) is 3.58. The van der Waals surface area contributed by atoms with Gasteiger partial charge >= 0.3 is 0 Å². The second-order valence-corrected chi connectivity index (χ2v) is 8.91. The monoisotopic (exact) mass is 403 g/mol. The summed E-state index contributed by atoms with van der Waals surface area (Å²) in [4.78, 5) is 14.1. The largest absolute Gasteiger partial charge is 0.502 e. The maximum atomic E-state index is 11.5. The first-order valence-corrected chi connectivity index (χ1v) is 10.8. The first-order valence-electron chi connectivity index (χ1n) is 9.00. The van der Waals surface area contributed by atoms with Crippen molar-refractivity contribution >= 4 is 23.1 Å². The maximum absolute atomic E-state index is 11.5.